The van der Waals surface area contributed by atoms with E-state index in [1.807, 2.05) is 6.92 Å². The maximum Gasteiger partial charge on any atom is 0.259 e. The molecule has 3 heteroatoms. The van der Waals surface area contributed by atoms with Gasteiger partial charge >= 0.3 is 0 Å². The van der Waals surface area contributed by atoms with Crippen LogP contribution in [0.4, 0.5) is 0 Å². The van der Waals surface area contributed by atoms with Crippen LogP contribution >= 0.6 is 0 Å². The lowest BCUT2D eigenvalue weighted by atomic mass is 10.5. The molecule has 1 atom stereocenters. The van der Waals surface area contributed by atoms with Crippen LogP contribution in [0.25, 0.3) is 0 Å². The number of ether oxygens (including phenoxy) is 1. The fourth-order valence-corrected chi connectivity index (χ4v) is 2.48. The molecule has 0 aliphatic heterocycles. The van der Waals surface area contributed by atoms with E-state index in [4.69, 9.17) is 4.74 Å². The van der Waals surface area contributed by atoms with Crippen molar-refractivity contribution < 1.29 is 9.53 Å². The van der Waals surface area contributed by atoms with E-state index in [-0.39, 0.29) is 5.73 Å². The Kier molecular flexibility index (Phi) is 4.64. The highest BCUT2D eigenvalue weighted by Crippen LogP contribution is 2.12. The highest BCUT2D eigenvalue weighted by Gasteiger charge is 2.31. The van der Waals surface area contributed by atoms with Gasteiger partial charge in [-0.1, -0.05) is 13.0 Å². The van der Waals surface area contributed by atoms with Crippen molar-refractivity contribution in [3.05, 3.63) is 12.7 Å². The summed E-state index contributed by atoms with van der Waals surface area (Å²) >= 11 is 0. The molecule has 0 rings (SSSR count). The summed E-state index contributed by atoms with van der Waals surface area (Å²) < 4.78 is 5.34. The van der Waals surface area contributed by atoms with E-state index in [0.717, 1.165) is 6.42 Å². The Morgan fingerprint density at radius 1 is 1.64 bits per heavy atom. The van der Waals surface area contributed by atoms with Crippen molar-refractivity contribution in [1.29, 1.82) is 0 Å². The molecule has 1 unspecified atom stereocenters. The summed E-state index contributed by atoms with van der Waals surface area (Å²) in [6.07, 6.45) is 2.50. The molecule has 1 radical (unpaired) electrons. The minimum Gasteiger partial charge on any atom is -0.375 e. The molecule has 65 valence electrons. The van der Waals surface area contributed by atoms with Crippen molar-refractivity contribution in [2.75, 3.05) is 6.61 Å². The van der Waals surface area contributed by atoms with E-state index in [2.05, 4.69) is 6.58 Å². The van der Waals surface area contributed by atoms with Crippen molar-refractivity contribution >= 4 is 8.32 Å². The van der Waals surface area contributed by atoms with Crippen LogP contribution in [0, 0.1) is 0 Å². The van der Waals surface area contributed by atoms with Crippen LogP contribution in [0.5, 0.6) is 0 Å². The van der Waals surface area contributed by atoms with Gasteiger partial charge in [-0.25, -0.2) is 0 Å². The maximum absolute atomic E-state index is 11.5. The van der Waals surface area contributed by atoms with Gasteiger partial charge in [0.05, 0.1) is 12.3 Å². The van der Waals surface area contributed by atoms with Gasteiger partial charge in [0.25, 0.3) is 8.32 Å². The monoisotopic (exact) mass is 173 g/mol. The smallest absolute Gasteiger partial charge is 0.259 e. The zero-order chi connectivity index (χ0) is 8.91. The summed E-state index contributed by atoms with van der Waals surface area (Å²) in [6, 6.07) is 0. The molecule has 0 saturated carbocycles. The second-order valence-electron chi connectivity index (χ2n) is 3.12. The van der Waals surface area contributed by atoms with E-state index < -0.39 is 8.32 Å². The van der Waals surface area contributed by atoms with E-state index in [9.17, 15) is 4.80 Å². The van der Waals surface area contributed by atoms with Crippen molar-refractivity contribution in [1.82, 2.24) is 0 Å². The van der Waals surface area contributed by atoms with Crippen LogP contribution in [0.3, 0.4) is 0 Å². The van der Waals surface area contributed by atoms with Gasteiger partial charge < -0.3 is 4.74 Å². The molecule has 0 aromatic heterocycles. The molecule has 2 nitrogen and oxygen atoms in total. The topological polar surface area (TPSA) is 29.1 Å². The second kappa shape index (κ2) is 4.69. The minimum absolute atomic E-state index is 0.0690. The first-order valence-electron chi connectivity index (χ1n) is 3.95. The quantitative estimate of drug-likeness (QED) is 0.462. The average molecular weight is 173 g/mol. The van der Waals surface area contributed by atoms with Gasteiger partial charge in [0, 0.05) is 0 Å². The Morgan fingerprint density at radius 3 is 2.45 bits per heavy atom. The van der Waals surface area contributed by atoms with Gasteiger partial charge in [0.1, 0.15) is 0 Å². The van der Waals surface area contributed by atoms with Crippen LogP contribution in [-0.2, 0) is 9.53 Å². The molecule has 0 bridgehead atoms. The molecule has 0 N–H and O–H groups in total. The van der Waals surface area contributed by atoms with Gasteiger partial charge in [-0.2, -0.15) is 0 Å². The van der Waals surface area contributed by atoms with Crippen molar-refractivity contribution in [3.8, 4) is 0 Å². The molecule has 0 saturated heterocycles. The average Bonchev–Trinajstić information content (AvgIpc) is 1.87. The number of hydrogen-bond acceptors (Lipinski definition) is 1. The van der Waals surface area contributed by atoms with Gasteiger partial charge in [-0.3, -0.25) is 4.80 Å². The predicted molar refractivity (Wildman–Crippen MR) is 48.4 cm³/mol. The number of hydrogen-bond donors (Lipinski definition) is 0. The van der Waals surface area contributed by atoms with Crippen molar-refractivity contribution in [2.24, 2.45) is 0 Å². The summed E-state index contributed by atoms with van der Waals surface area (Å²) in [5, 5.41) is 0. The van der Waals surface area contributed by atoms with Gasteiger partial charge in [0.2, 0.25) is 0 Å². The lowest BCUT2D eigenvalue weighted by Crippen LogP contribution is -2.41. The van der Waals surface area contributed by atoms with Crippen LogP contribution < -0.4 is 0 Å². The fourth-order valence-electron chi connectivity index (χ4n) is 0.994. The Balaban J connectivity index is 3.85. The van der Waals surface area contributed by atoms with E-state index >= 15 is 0 Å². The molecule has 0 spiro atoms. The third-order valence-electron chi connectivity index (χ3n) is 1.56. The fraction of sp³-hybridized carbons (Fsp3) is 0.750. The van der Waals surface area contributed by atoms with Crippen molar-refractivity contribution in [3.63, 3.8) is 0 Å². The van der Waals surface area contributed by atoms with Crippen LogP contribution in [0.1, 0.15) is 13.3 Å². The maximum atomic E-state index is 11.5. The first-order chi connectivity index (χ1) is 5.02. The van der Waals surface area contributed by atoms with E-state index in [0.29, 0.717) is 6.61 Å². The largest absolute Gasteiger partial charge is 0.375 e. The summed E-state index contributed by atoms with van der Waals surface area (Å²) in [5.41, 5.74) is -0.0690. The lowest BCUT2D eigenvalue weighted by Gasteiger charge is -2.22. The van der Waals surface area contributed by atoms with Crippen LogP contribution in [-0.4, -0.2) is 20.7 Å². The van der Waals surface area contributed by atoms with Crippen molar-refractivity contribution in [2.45, 2.75) is 32.2 Å². The molecular formula is C8H17O2Si. The Bertz CT molecular complexity index is 118. The first-order valence-corrected chi connectivity index (χ1v) is 6.93. The van der Waals surface area contributed by atoms with Crippen LogP contribution in [0.15, 0.2) is 12.7 Å². The molecule has 0 heterocycles. The normalized spacial score (nSPS) is 14.5. The Morgan fingerprint density at radius 2 is 2.18 bits per heavy atom. The van der Waals surface area contributed by atoms with Gasteiger partial charge in [-0.15, -0.1) is 6.58 Å². The van der Waals surface area contributed by atoms with E-state index in [1.165, 1.54) is 0 Å². The summed E-state index contributed by atoms with van der Waals surface area (Å²) in [4.78, 5) is 11.5. The Hall–Kier alpha value is -0.123. The van der Waals surface area contributed by atoms with Gasteiger partial charge in [-0.05, 0) is 19.5 Å². The molecular weight excluding hydrogens is 156 g/mol. The minimum atomic E-state index is -2.34. The predicted octanol–water partition coefficient (Wildman–Crippen LogP) is 2.14. The summed E-state index contributed by atoms with van der Waals surface area (Å²) in [5.74, 6) is 0. The third kappa shape index (κ3) is 4.34. The Labute approximate surface area is 70.0 Å². The molecule has 0 aromatic carbocycles. The SMILES string of the molecule is C=CCOC(CC)[Si](C)(C)[O]. The van der Waals surface area contributed by atoms with E-state index in [1.54, 1.807) is 19.2 Å². The second-order valence-corrected chi connectivity index (χ2v) is 6.97. The lowest BCUT2D eigenvalue weighted by molar-refractivity contribution is 0.105. The van der Waals surface area contributed by atoms with Gasteiger partial charge in [0.15, 0.2) is 0 Å². The summed E-state index contributed by atoms with van der Waals surface area (Å²) in [7, 11) is -2.34. The standard InChI is InChI=1S/C8H17O2Si/c1-5-7-10-8(6-2)11(3,4)9/h5,8H,1,6-7H2,2-4H3. The summed E-state index contributed by atoms with van der Waals surface area (Å²) in [6.45, 7) is 9.59. The zero-order valence-electron chi connectivity index (χ0n) is 7.59. The number of rotatable bonds is 5. The molecule has 0 fully saturated rings. The molecule has 0 aliphatic carbocycles. The first kappa shape index (κ1) is 10.9. The third-order valence-corrected chi connectivity index (χ3v) is 3.69. The highest BCUT2D eigenvalue weighted by molar-refractivity contribution is 6.70. The molecule has 0 amide bonds. The zero-order valence-corrected chi connectivity index (χ0v) is 8.59. The molecule has 11 heavy (non-hydrogen) atoms. The highest BCUT2D eigenvalue weighted by atomic mass is 28.4. The van der Waals surface area contributed by atoms with Crippen LogP contribution in [0.2, 0.25) is 13.1 Å². The molecule has 0 aliphatic rings. The molecule has 0 aromatic rings.